The van der Waals surface area contributed by atoms with Crippen molar-refractivity contribution in [2.75, 3.05) is 11.9 Å². The Hall–Kier alpha value is -3.09. The lowest BCUT2D eigenvalue weighted by atomic mass is 10.3. The lowest BCUT2D eigenvalue weighted by Gasteiger charge is -2.15. The van der Waals surface area contributed by atoms with Crippen LogP contribution in [-0.4, -0.2) is 27.2 Å². The smallest absolute Gasteiger partial charge is 0.319 e. The highest BCUT2D eigenvalue weighted by Gasteiger charge is 2.16. The number of amides is 2. The number of carbonyl (C=O) groups excluding carboxylic acids is 1. The van der Waals surface area contributed by atoms with Crippen molar-refractivity contribution in [2.24, 2.45) is 0 Å². The standard InChI is InChI=1S/C17H19N5O2/c1-3-24-14-9-5-4-8-13(14)19-17(23)18-12(2)16-21-20-15-10-6-7-11-22(15)16/h4-12H,3H2,1-2H3,(H2,18,19,23). The van der Waals surface area contributed by atoms with E-state index >= 15 is 0 Å². The second-order valence-electron chi connectivity index (χ2n) is 5.24. The Kier molecular flexibility index (Phi) is 4.60. The van der Waals surface area contributed by atoms with Crippen LogP contribution < -0.4 is 15.4 Å². The van der Waals surface area contributed by atoms with Gasteiger partial charge < -0.3 is 15.4 Å². The van der Waals surface area contributed by atoms with Gasteiger partial charge >= 0.3 is 6.03 Å². The van der Waals surface area contributed by atoms with Gasteiger partial charge in [0.1, 0.15) is 5.75 Å². The predicted octanol–water partition coefficient (Wildman–Crippen LogP) is 3.01. The van der Waals surface area contributed by atoms with Gasteiger partial charge in [0.05, 0.1) is 18.3 Å². The Morgan fingerprint density at radius 3 is 2.83 bits per heavy atom. The monoisotopic (exact) mass is 325 g/mol. The van der Waals surface area contributed by atoms with Crippen LogP contribution in [0, 0.1) is 0 Å². The second kappa shape index (κ2) is 6.99. The van der Waals surface area contributed by atoms with Crippen molar-refractivity contribution < 1.29 is 9.53 Å². The Balaban J connectivity index is 1.71. The van der Waals surface area contributed by atoms with Gasteiger partial charge in [-0.2, -0.15) is 0 Å². The van der Waals surface area contributed by atoms with Crippen molar-refractivity contribution in [3.8, 4) is 5.75 Å². The van der Waals surface area contributed by atoms with Gasteiger partial charge in [-0.1, -0.05) is 18.2 Å². The van der Waals surface area contributed by atoms with Crippen LogP contribution in [0.3, 0.4) is 0 Å². The molecule has 2 aromatic heterocycles. The number of anilines is 1. The summed E-state index contributed by atoms with van der Waals surface area (Å²) >= 11 is 0. The summed E-state index contributed by atoms with van der Waals surface area (Å²) in [7, 11) is 0. The van der Waals surface area contributed by atoms with Crippen LogP contribution in [0.2, 0.25) is 0 Å². The van der Waals surface area contributed by atoms with E-state index in [4.69, 9.17) is 4.74 Å². The van der Waals surface area contributed by atoms with Crippen LogP contribution in [0.1, 0.15) is 25.7 Å². The number of pyridine rings is 1. The van der Waals surface area contributed by atoms with Gasteiger partial charge in [-0.25, -0.2) is 4.79 Å². The summed E-state index contributed by atoms with van der Waals surface area (Å²) in [6, 6.07) is 12.3. The zero-order chi connectivity index (χ0) is 16.9. The molecule has 2 amide bonds. The molecule has 0 aliphatic heterocycles. The number of benzene rings is 1. The molecule has 0 fully saturated rings. The van der Waals surface area contributed by atoms with E-state index in [1.165, 1.54) is 0 Å². The molecule has 0 saturated heterocycles. The van der Waals surface area contributed by atoms with Gasteiger partial charge in [0, 0.05) is 6.20 Å². The Bertz CT molecular complexity index is 846. The van der Waals surface area contributed by atoms with E-state index in [-0.39, 0.29) is 12.1 Å². The number of urea groups is 1. The molecule has 0 aliphatic rings. The fraction of sp³-hybridized carbons (Fsp3) is 0.235. The molecule has 0 saturated carbocycles. The highest BCUT2D eigenvalue weighted by Crippen LogP contribution is 2.23. The molecule has 0 aliphatic carbocycles. The van der Waals surface area contributed by atoms with Gasteiger partial charge in [0.2, 0.25) is 0 Å². The number of hydrogen-bond donors (Lipinski definition) is 2. The van der Waals surface area contributed by atoms with Crippen LogP contribution in [0.5, 0.6) is 5.75 Å². The van der Waals surface area contributed by atoms with Crippen LogP contribution in [-0.2, 0) is 0 Å². The molecule has 124 valence electrons. The number of rotatable bonds is 5. The lowest BCUT2D eigenvalue weighted by Crippen LogP contribution is -2.32. The quantitative estimate of drug-likeness (QED) is 0.755. The van der Waals surface area contributed by atoms with Gasteiger partial charge in [-0.3, -0.25) is 4.40 Å². The van der Waals surface area contributed by atoms with E-state index in [0.717, 1.165) is 5.65 Å². The molecule has 1 atom stereocenters. The minimum absolute atomic E-state index is 0.304. The van der Waals surface area contributed by atoms with E-state index in [9.17, 15) is 4.79 Å². The summed E-state index contributed by atoms with van der Waals surface area (Å²) in [5.74, 6) is 1.30. The van der Waals surface area contributed by atoms with Crippen LogP contribution >= 0.6 is 0 Å². The van der Waals surface area contributed by atoms with E-state index in [1.54, 1.807) is 6.07 Å². The van der Waals surface area contributed by atoms with Gasteiger partial charge in [-0.15, -0.1) is 10.2 Å². The molecule has 1 aromatic carbocycles. The summed E-state index contributed by atoms with van der Waals surface area (Å²) in [4.78, 5) is 12.3. The van der Waals surface area contributed by atoms with Gasteiger partial charge in [0.25, 0.3) is 0 Å². The maximum atomic E-state index is 12.3. The zero-order valence-corrected chi connectivity index (χ0v) is 13.6. The first-order valence-corrected chi connectivity index (χ1v) is 7.78. The van der Waals surface area contributed by atoms with Crippen LogP contribution in [0.15, 0.2) is 48.7 Å². The fourth-order valence-corrected chi connectivity index (χ4v) is 2.43. The molecule has 2 heterocycles. The minimum Gasteiger partial charge on any atom is -0.492 e. The van der Waals surface area contributed by atoms with Gasteiger partial charge in [-0.05, 0) is 38.1 Å². The number of carbonyl (C=O) groups is 1. The summed E-state index contributed by atoms with van der Waals surface area (Å²) in [5.41, 5.74) is 1.36. The van der Waals surface area contributed by atoms with Crippen molar-refractivity contribution in [3.63, 3.8) is 0 Å². The molecular weight excluding hydrogens is 306 g/mol. The third kappa shape index (κ3) is 3.29. The minimum atomic E-state index is -0.331. The lowest BCUT2D eigenvalue weighted by molar-refractivity contribution is 0.248. The van der Waals surface area contributed by atoms with E-state index in [1.807, 2.05) is 60.8 Å². The van der Waals surface area contributed by atoms with E-state index in [2.05, 4.69) is 20.8 Å². The van der Waals surface area contributed by atoms with Crippen molar-refractivity contribution in [1.29, 1.82) is 0 Å². The van der Waals surface area contributed by atoms with Crippen LogP contribution in [0.25, 0.3) is 5.65 Å². The summed E-state index contributed by atoms with van der Waals surface area (Å²) in [6.45, 7) is 4.29. The fourth-order valence-electron chi connectivity index (χ4n) is 2.43. The number of nitrogens with zero attached hydrogens (tertiary/aromatic N) is 3. The van der Waals surface area contributed by atoms with Crippen molar-refractivity contribution in [2.45, 2.75) is 19.9 Å². The van der Waals surface area contributed by atoms with Crippen molar-refractivity contribution in [3.05, 3.63) is 54.5 Å². The maximum Gasteiger partial charge on any atom is 0.319 e. The normalized spacial score (nSPS) is 11.9. The first-order valence-electron chi connectivity index (χ1n) is 7.78. The number of hydrogen-bond acceptors (Lipinski definition) is 4. The average molecular weight is 325 g/mol. The third-order valence-electron chi connectivity index (χ3n) is 3.51. The third-order valence-corrected chi connectivity index (χ3v) is 3.51. The number of aromatic nitrogens is 3. The molecule has 7 nitrogen and oxygen atoms in total. The van der Waals surface area contributed by atoms with Gasteiger partial charge in [0.15, 0.2) is 11.5 Å². The summed E-state index contributed by atoms with van der Waals surface area (Å²) < 4.78 is 7.35. The number of fused-ring (bicyclic) bond motifs is 1. The maximum absolute atomic E-state index is 12.3. The Morgan fingerprint density at radius 1 is 1.21 bits per heavy atom. The largest absolute Gasteiger partial charge is 0.492 e. The van der Waals surface area contributed by atoms with E-state index < -0.39 is 0 Å². The number of nitrogens with one attached hydrogen (secondary N) is 2. The molecule has 0 bridgehead atoms. The van der Waals surface area contributed by atoms with Crippen molar-refractivity contribution >= 4 is 17.4 Å². The molecule has 0 radical (unpaired) electrons. The molecule has 2 N–H and O–H groups in total. The zero-order valence-electron chi connectivity index (χ0n) is 13.6. The first-order chi connectivity index (χ1) is 11.7. The molecule has 3 aromatic rings. The Labute approximate surface area is 139 Å². The molecular formula is C17H19N5O2. The second-order valence-corrected chi connectivity index (χ2v) is 5.24. The molecule has 0 spiro atoms. The summed E-state index contributed by atoms with van der Waals surface area (Å²) in [6.07, 6.45) is 1.87. The molecule has 1 unspecified atom stereocenters. The highest BCUT2D eigenvalue weighted by molar-refractivity contribution is 5.91. The van der Waals surface area contributed by atoms with E-state index in [0.29, 0.717) is 23.9 Å². The van der Waals surface area contributed by atoms with Crippen LogP contribution in [0.4, 0.5) is 10.5 Å². The van der Waals surface area contributed by atoms with Crippen molar-refractivity contribution in [1.82, 2.24) is 19.9 Å². The SMILES string of the molecule is CCOc1ccccc1NC(=O)NC(C)c1nnc2ccccn12. The molecule has 24 heavy (non-hydrogen) atoms. The highest BCUT2D eigenvalue weighted by atomic mass is 16.5. The first kappa shape index (κ1) is 15.8. The topological polar surface area (TPSA) is 80.5 Å². The molecule has 3 rings (SSSR count). The summed E-state index contributed by atoms with van der Waals surface area (Å²) in [5, 5.41) is 13.9. The molecule has 7 heteroatoms. The predicted molar refractivity (Wildman–Crippen MR) is 91.2 cm³/mol. The number of ether oxygens (including phenoxy) is 1. The number of para-hydroxylation sites is 2. The Morgan fingerprint density at radius 2 is 2.00 bits per heavy atom. The average Bonchev–Trinajstić information content (AvgIpc) is 3.01.